The molecule has 0 aliphatic heterocycles. The number of methoxy groups -OCH3 is 1. The van der Waals surface area contributed by atoms with Gasteiger partial charge in [-0.15, -0.1) is 0 Å². The van der Waals surface area contributed by atoms with Gasteiger partial charge in [-0.25, -0.2) is 13.2 Å². The van der Waals surface area contributed by atoms with E-state index in [1.54, 1.807) is 19.2 Å². The molecule has 2 aromatic carbocycles. The first-order valence-electron chi connectivity index (χ1n) is 11.8. The molecule has 0 aliphatic carbocycles. The average molecular weight is 559 g/mol. The van der Waals surface area contributed by atoms with Gasteiger partial charge in [-0.05, 0) is 24.1 Å². The number of nitrogens with two attached hydrogens (primary N) is 1. The minimum atomic E-state index is -2.32. The first-order chi connectivity index (χ1) is 18.8. The summed E-state index contributed by atoms with van der Waals surface area (Å²) in [4.78, 5) is 11.9. The summed E-state index contributed by atoms with van der Waals surface area (Å²) in [5.74, 6) is -12.0. The molecule has 4 N–H and O–H groups in total. The van der Waals surface area contributed by atoms with Gasteiger partial charge in [0.25, 0.3) is 0 Å². The molecule has 0 fully saturated rings. The van der Waals surface area contributed by atoms with E-state index in [0.717, 1.165) is 5.56 Å². The van der Waals surface area contributed by atoms with Crippen molar-refractivity contribution in [2.24, 2.45) is 5.73 Å². The molecule has 3 aromatic rings. The zero-order chi connectivity index (χ0) is 28.2. The molecule has 10 nitrogen and oxygen atoms in total. The van der Waals surface area contributed by atoms with Crippen molar-refractivity contribution >= 4 is 11.9 Å². The number of rotatable bonds is 16. The van der Waals surface area contributed by atoms with Crippen LogP contribution in [0.25, 0.3) is 0 Å². The molecule has 0 radical (unpaired) electrons. The van der Waals surface area contributed by atoms with Gasteiger partial charge in [0.1, 0.15) is 5.75 Å². The second kappa shape index (κ2) is 14.9. The van der Waals surface area contributed by atoms with Gasteiger partial charge >= 0.3 is 6.01 Å². The molecule has 3 rings (SSSR count). The topological polar surface area (TPSA) is 126 Å². The van der Waals surface area contributed by atoms with E-state index in [4.69, 9.17) is 24.7 Å². The van der Waals surface area contributed by atoms with Gasteiger partial charge in [0, 0.05) is 19.6 Å². The Hall–Kier alpha value is -3.82. The van der Waals surface area contributed by atoms with Gasteiger partial charge < -0.3 is 35.3 Å². The molecule has 0 amide bonds. The number of anilines is 2. The third-order valence-corrected chi connectivity index (χ3v) is 5.00. The van der Waals surface area contributed by atoms with Crippen LogP contribution in [-0.2, 0) is 15.9 Å². The van der Waals surface area contributed by atoms with Crippen LogP contribution in [0.4, 0.5) is 33.8 Å². The number of ether oxygens (including phenoxy) is 4. The number of hydrogen-bond acceptors (Lipinski definition) is 10. The molecule has 212 valence electrons. The number of hydrogen-bond donors (Lipinski definition) is 3. The molecule has 0 aliphatic rings. The highest BCUT2D eigenvalue weighted by molar-refractivity contribution is 5.38. The Morgan fingerprint density at radius 3 is 1.87 bits per heavy atom. The van der Waals surface area contributed by atoms with Crippen molar-refractivity contribution in [3.8, 4) is 17.5 Å². The van der Waals surface area contributed by atoms with Crippen molar-refractivity contribution in [3.05, 3.63) is 58.9 Å². The van der Waals surface area contributed by atoms with Crippen LogP contribution in [0.2, 0.25) is 0 Å². The Labute approximate surface area is 220 Å². The number of halogens is 5. The van der Waals surface area contributed by atoms with Crippen molar-refractivity contribution in [3.63, 3.8) is 0 Å². The van der Waals surface area contributed by atoms with E-state index in [1.807, 2.05) is 12.1 Å². The summed E-state index contributed by atoms with van der Waals surface area (Å²) in [6.45, 7) is 2.21. The molecular formula is C24H27F5N6O4. The fourth-order valence-corrected chi connectivity index (χ4v) is 3.08. The standard InChI is InChI=1S/C24H27F5N6O4/c1-36-15-4-2-14(3-5-15)6-8-31-22-33-23(32-9-11-38-13-12-37-10-7-30)35-24(34-22)39-21-19(28)17(26)16(25)18(27)20(21)29/h2-5H,6-13,30H2,1H3,(H2,31,32,33,34,35). The van der Waals surface area contributed by atoms with Crippen LogP contribution >= 0.6 is 0 Å². The van der Waals surface area contributed by atoms with E-state index >= 15 is 0 Å². The number of nitrogens with zero attached hydrogens (tertiary/aromatic N) is 3. The third kappa shape index (κ3) is 8.59. The van der Waals surface area contributed by atoms with E-state index < -0.39 is 40.8 Å². The van der Waals surface area contributed by atoms with Gasteiger partial charge in [-0.2, -0.15) is 23.7 Å². The second-order valence-corrected chi connectivity index (χ2v) is 7.73. The SMILES string of the molecule is COc1ccc(CCNc2nc(NCCOCCOCCN)nc(Oc3c(F)c(F)c(F)c(F)c3F)n2)cc1. The van der Waals surface area contributed by atoms with Crippen LogP contribution in [0, 0.1) is 29.1 Å². The van der Waals surface area contributed by atoms with Crippen LogP contribution in [0.5, 0.6) is 17.5 Å². The molecule has 1 heterocycles. The molecule has 1 aromatic heterocycles. The smallest absolute Gasteiger partial charge is 0.328 e. The first kappa shape index (κ1) is 29.7. The highest BCUT2D eigenvalue weighted by atomic mass is 19.2. The molecule has 15 heteroatoms. The Morgan fingerprint density at radius 1 is 0.718 bits per heavy atom. The summed E-state index contributed by atoms with van der Waals surface area (Å²) < 4.78 is 89.5. The van der Waals surface area contributed by atoms with E-state index in [-0.39, 0.29) is 25.0 Å². The summed E-state index contributed by atoms with van der Waals surface area (Å²) in [5.41, 5.74) is 6.29. The molecule has 0 bridgehead atoms. The summed E-state index contributed by atoms with van der Waals surface area (Å²) in [6.07, 6.45) is 0.534. The Balaban J connectivity index is 1.71. The van der Waals surface area contributed by atoms with Crippen molar-refractivity contribution < 1.29 is 40.9 Å². The highest BCUT2D eigenvalue weighted by Gasteiger charge is 2.28. The summed E-state index contributed by atoms with van der Waals surface area (Å²) in [5, 5.41) is 5.73. The van der Waals surface area contributed by atoms with Crippen molar-refractivity contribution in [2.75, 3.05) is 63.8 Å². The second-order valence-electron chi connectivity index (χ2n) is 7.73. The fourth-order valence-electron chi connectivity index (χ4n) is 3.08. The Bertz CT molecular complexity index is 1190. The molecule has 0 atom stereocenters. The molecule has 0 saturated carbocycles. The van der Waals surface area contributed by atoms with E-state index in [1.165, 1.54) is 0 Å². The predicted octanol–water partition coefficient (Wildman–Crippen LogP) is 3.43. The minimum Gasteiger partial charge on any atom is -0.497 e. The maximum atomic E-state index is 14.1. The van der Waals surface area contributed by atoms with Gasteiger partial charge in [0.15, 0.2) is 0 Å². The lowest BCUT2D eigenvalue weighted by molar-refractivity contribution is 0.0547. The molecule has 39 heavy (non-hydrogen) atoms. The number of aromatic nitrogens is 3. The number of nitrogens with one attached hydrogen (secondary N) is 2. The summed E-state index contributed by atoms with van der Waals surface area (Å²) >= 11 is 0. The normalized spacial score (nSPS) is 10.9. The Kier molecular flexibility index (Phi) is 11.4. The monoisotopic (exact) mass is 558 g/mol. The van der Waals surface area contributed by atoms with E-state index in [2.05, 4.69) is 25.6 Å². The lowest BCUT2D eigenvalue weighted by Gasteiger charge is -2.12. The molecule has 0 unspecified atom stereocenters. The van der Waals surface area contributed by atoms with Gasteiger partial charge in [0.05, 0.1) is 33.5 Å². The Morgan fingerprint density at radius 2 is 1.28 bits per heavy atom. The summed E-state index contributed by atoms with van der Waals surface area (Å²) in [6, 6.07) is 6.60. The molecular weight excluding hydrogens is 531 g/mol. The zero-order valence-electron chi connectivity index (χ0n) is 20.9. The van der Waals surface area contributed by atoms with E-state index in [0.29, 0.717) is 45.1 Å². The maximum absolute atomic E-state index is 14.1. The summed E-state index contributed by atoms with van der Waals surface area (Å²) in [7, 11) is 1.55. The van der Waals surface area contributed by atoms with E-state index in [9.17, 15) is 22.0 Å². The van der Waals surface area contributed by atoms with Gasteiger partial charge in [0.2, 0.25) is 46.7 Å². The van der Waals surface area contributed by atoms with Crippen molar-refractivity contribution in [1.82, 2.24) is 15.0 Å². The number of benzene rings is 2. The lowest BCUT2D eigenvalue weighted by Crippen LogP contribution is -2.17. The predicted molar refractivity (Wildman–Crippen MR) is 131 cm³/mol. The fraction of sp³-hybridized carbons (Fsp3) is 0.375. The average Bonchev–Trinajstić information content (AvgIpc) is 2.95. The molecule has 0 spiro atoms. The van der Waals surface area contributed by atoms with Gasteiger partial charge in [-0.1, -0.05) is 12.1 Å². The quantitative estimate of drug-likeness (QED) is 0.104. The third-order valence-electron chi connectivity index (χ3n) is 5.00. The minimum absolute atomic E-state index is 0.0732. The largest absolute Gasteiger partial charge is 0.497 e. The van der Waals surface area contributed by atoms with Crippen LogP contribution in [0.1, 0.15) is 5.56 Å². The molecule has 0 saturated heterocycles. The lowest BCUT2D eigenvalue weighted by atomic mass is 10.1. The van der Waals surface area contributed by atoms with Crippen LogP contribution in [0.3, 0.4) is 0 Å². The maximum Gasteiger partial charge on any atom is 0.328 e. The zero-order valence-corrected chi connectivity index (χ0v) is 20.9. The van der Waals surface area contributed by atoms with Crippen LogP contribution < -0.4 is 25.8 Å². The van der Waals surface area contributed by atoms with Gasteiger partial charge in [-0.3, -0.25) is 0 Å². The van der Waals surface area contributed by atoms with Crippen molar-refractivity contribution in [1.29, 1.82) is 0 Å². The van der Waals surface area contributed by atoms with Crippen LogP contribution in [0.15, 0.2) is 24.3 Å². The van der Waals surface area contributed by atoms with Crippen LogP contribution in [-0.4, -0.2) is 68.1 Å². The first-order valence-corrected chi connectivity index (χ1v) is 11.8. The highest BCUT2D eigenvalue weighted by Crippen LogP contribution is 2.32. The van der Waals surface area contributed by atoms with Crippen molar-refractivity contribution in [2.45, 2.75) is 6.42 Å².